The van der Waals surface area contributed by atoms with E-state index in [1.165, 1.54) is 16.8 Å². The summed E-state index contributed by atoms with van der Waals surface area (Å²) in [6, 6.07) is 3.46. The number of nitrogens with zero attached hydrogens (tertiary/aromatic N) is 5. The zero-order valence-electron chi connectivity index (χ0n) is 16.0. The maximum atomic E-state index is 12.6. The Labute approximate surface area is 157 Å². The molecule has 3 rings (SSSR count). The molecule has 0 saturated carbocycles. The topological polar surface area (TPSA) is 96.2 Å². The second-order valence-corrected chi connectivity index (χ2v) is 7.22. The molecule has 9 nitrogen and oxygen atoms in total. The lowest BCUT2D eigenvalue weighted by Crippen LogP contribution is -2.44. The molecular weight excluding hydrogens is 348 g/mol. The largest absolute Gasteiger partial charge is 0.344 e. The van der Waals surface area contributed by atoms with E-state index in [9.17, 15) is 14.4 Å². The SMILES string of the molecule is CN(C[C@@H]1CCCN(C)[C@H]1c1ccnn1C)C(=O)Cn1ccc(=O)[nH]c1=O. The Morgan fingerprint density at radius 1 is 1.33 bits per heavy atom. The van der Waals surface area contributed by atoms with Gasteiger partial charge in [-0.2, -0.15) is 5.10 Å². The lowest BCUT2D eigenvalue weighted by molar-refractivity contribution is -0.131. The number of hydrogen-bond donors (Lipinski definition) is 1. The first kappa shape index (κ1) is 19.1. The molecule has 0 unspecified atom stereocenters. The van der Waals surface area contributed by atoms with Gasteiger partial charge < -0.3 is 4.90 Å². The maximum absolute atomic E-state index is 12.6. The molecule has 1 aliphatic heterocycles. The molecule has 0 aromatic carbocycles. The fourth-order valence-electron chi connectivity index (χ4n) is 3.88. The third-order valence-electron chi connectivity index (χ3n) is 5.31. The Morgan fingerprint density at radius 3 is 2.78 bits per heavy atom. The molecule has 9 heteroatoms. The van der Waals surface area contributed by atoms with Gasteiger partial charge in [0.15, 0.2) is 0 Å². The fourth-order valence-corrected chi connectivity index (χ4v) is 3.88. The Hall–Kier alpha value is -2.68. The highest BCUT2D eigenvalue weighted by atomic mass is 16.2. The van der Waals surface area contributed by atoms with Gasteiger partial charge in [0.1, 0.15) is 6.54 Å². The Balaban J connectivity index is 1.72. The lowest BCUT2D eigenvalue weighted by atomic mass is 9.87. The molecular formula is C18H26N6O3. The minimum Gasteiger partial charge on any atom is -0.344 e. The van der Waals surface area contributed by atoms with E-state index >= 15 is 0 Å². The normalized spacial score (nSPS) is 20.6. The van der Waals surface area contributed by atoms with Gasteiger partial charge in [-0.15, -0.1) is 0 Å². The van der Waals surface area contributed by atoms with Gasteiger partial charge >= 0.3 is 5.69 Å². The Kier molecular flexibility index (Phi) is 5.59. The minimum absolute atomic E-state index is 0.0922. The summed E-state index contributed by atoms with van der Waals surface area (Å²) in [7, 11) is 5.80. The number of likely N-dealkylation sites (tertiary alicyclic amines) is 1. The third kappa shape index (κ3) is 4.19. The lowest BCUT2D eigenvalue weighted by Gasteiger charge is -2.40. The van der Waals surface area contributed by atoms with Crippen molar-refractivity contribution in [3.8, 4) is 0 Å². The highest BCUT2D eigenvalue weighted by Crippen LogP contribution is 2.35. The minimum atomic E-state index is -0.575. The molecule has 1 fully saturated rings. The van der Waals surface area contributed by atoms with Crippen molar-refractivity contribution in [2.24, 2.45) is 13.0 Å². The van der Waals surface area contributed by atoms with Crippen LogP contribution in [0.4, 0.5) is 0 Å². The van der Waals surface area contributed by atoms with Gasteiger partial charge in [0, 0.05) is 39.1 Å². The first-order valence-electron chi connectivity index (χ1n) is 9.08. The fraction of sp³-hybridized carbons (Fsp3) is 0.556. The molecule has 0 spiro atoms. The second-order valence-electron chi connectivity index (χ2n) is 7.22. The van der Waals surface area contributed by atoms with Crippen LogP contribution in [0.3, 0.4) is 0 Å². The van der Waals surface area contributed by atoms with Crippen molar-refractivity contribution in [2.45, 2.75) is 25.4 Å². The monoisotopic (exact) mass is 374 g/mol. The number of carbonyl (C=O) groups excluding carboxylic acids is 1. The van der Waals surface area contributed by atoms with Crippen molar-refractivity contribution in [2.75, 3.05) is 27.2 Å². The van der Waals surface area contributed by atoms with Crippen LogP contribution in [-0.4, -0.2) is 62.2 Å². The standard InChI is InChI=1S/C18H26N6O3/c1-21-9-4-5-13(17(21)14-6-8-19-23(14)3)11-22(2)16(26)12-24-10-7-15(25)20-18(24)27/h6-8,10,13,17H,4-5,9,11-12H2,1-3H3,(H,20,25,27)/t13-,17+/m0/s1. The molecule has 2 atom stereocenters. The van der Waals surface area contributed by atoms with E-state index in [-0.39, 0.29) is 24.4 Å². The first-order chi connectivity index (χ1) is 12.9. The molecule has 0 aliphatic carbocycles. The van der Waals surface area contributed by atoms with E-state index in [2.05, 4.69) is 22.0 Å². The maximum Gasteiger partial charge on any atom is 0.328 e. The van der Waals surface area contributed by atoms with E-state index in [4.69, 9.17) is 0 Å². The van der Waals surface area contributed by atoms with Crippen molar-refractivity contribution in [1.29, 1.82) is 0 Å². The van der Waals surface area contributed by atoms with Crippen LogP contribution in [-0.2, 0) is 18.4 Å². The molecule has 2 aromatic heterocycles. The number of rotatable bonds is 5. The quantitative estimate of drug-likeness (QED) is 0.783. The van der Waals surface area contributed by atoms with Gasteiger partial charge in [-0.3, -0.25) is 28.7 Å². The zero-order valence-corrected chi connectivity index (χ0v) is 16.0. The van der Waals surface area contributed by atoms with Crippen LogP contribution in [0.25, 0.3) is 0 Å². The predicted molar refractivity (Wildman–Crippen MR) is 100 cm³/mol. The van der Waals surface area contributed by atoms with Gasteiger partial charge in [0.2, 0.25) is 5.91 Å². The van der Waals surface area contributed by atoms with Crippen molar-refractivity contribution in [3.63, 3.8) is 0 Å². The smallest absolute Gasteiger partial charge is 0.328 e. The van der Waals surface area contributed by atoms with Crippen LogP contribution >= 0.6 is 0 Å². The van der Waals surface area contributed by atoms with E-state index in [0.29, 0.717) is 6.54 Å². The number of hydrogen-bond acceptors (Lipinski definition) is 5. The number of piperidine rings is 1. The third-order valence-corrected chi connectivity index (χ3v) is 5.31. The molecule has 27 heavy (non-hydrogen) atoms. The molecule has 1 saturated heterocycles. The average molecular weight is 374 g/mol. The van der Waals surface area contributed by atoms with E-state index in [0.717, 1.165) is 25.1 Å². The van der Waals surface area contributed by atoms with Crippen molar-refractivity contribution in [1.82, 2.24) is 29.1 Å². The zero-order chi connectivity index (χ0) is 19.6. The first-order valence-corrected chi connectivity index (χ1v) is 9.08. The van der Waals surface area contributed by atoms with Crippen molar-refractivity contribution in [3.05, 3.63) is 51.1 Å². The molecule has 0 bridgehead atoms. The number of likely N-dealkylation sites (N-methyl/N-ethyl adjacent to an activating group) is 1. The molecule has 1 amide bonds. The number of carbonyl (C=O) groups is 1. The summed E-state index contributed by atoms with van der Waals surface area (Å²) in [5, 5.41) is 4.29. The highest BCUT2D eigenvalue weighted by Gasteiger charge is 2.33. The van der Waals surface area contributed by atoms with E-state index in [1.807, 2.05) is 17.8 Å². The van der Waals surface area contributed by atoms with Crippen molar-refractivity contribution >= 4 is 5.91 Å². The number of aryl methyl sites for hydroxylation is 1. The van der Waals surface area contributed by atoms with Crippen LogP contribution in [0, 0.1) is 5.92 Å². The molecule has 2 aromatic rings. The summed E-state index contributed by atoms with van der Waals surface area (Å²) in [6.07, 6.45) is 5.25. The highest BCUT2D eigenvalue weighted by molar-refractivity contribution is 5.75. The number of nitrogens with one attached hydrogen (secondary N) is 1. The number of aromatic nitrogens is 4. The molecule has 3 heterocycles. The summed E-state index contributed by atoms with van der Waals surface area (Å²) in [4.78, 5) is 41.7. The Morgan fingerprint density at radius 2 is 2.11 bits per heavy atom. The van der Waals surface area contributed by atoms with Crippen LogP contribution in [0.2, 0.25) is 0 Å². The van der Waals surface area contributed by atoms with Crippen LogP contribution in [0.1, 0.15) is 24.6 Å². The molecule has 146 valence electrons. The number of aromatic amines is 1. The summed E-state index contributed by atoms with van der Waals surface area (Å²) < 4.78 is 3.10. The second kappa shape index (κ2) is 7.91. The predicted octanol–water partition coefficient (Wildman–Crippen LogP) is -0.188. The average Bonchev–Trinajstić information content (AvgIpc) is 3.03. The molecule has 1 N–H and O–H groups in total. The van der Waals surface area contributed by atoms with Gasteiger partial charge in [0.05, 0.1) is 11.7 Å². The van der Waals surface area contributed by atoms with Crippen LogP contribution < -0.4 is 11.2 Å². The molecule has 0 radical (unpaired) electrons. The molecule has 1 aliphatic rings. The summed E-state index contributed by atoms with van der Waals surface area (Å²) in [5.41, 5.74) is 0.0932. The van der Waals surface area contributed by atoms with Crippen molar-refractivity contribution < 1.29 is 4.79 Å². The van der Waals surface area contributed by atoms with Crippen LogP contribution in [0.15, 0.2) is 34.1 Å². The number of amides is 1. The van der Waals surface area contributed by atoms with E-state index < -0.39 is 11.2 Å². The van der Waals surface area contributed by atoms with Gasteiger partial charge in [0.25, 0.3) is 5.56 Å². The number of H-pyrrole nitrogens is 1. The van der Waals surface area contributed by atoms with E-state index in [1.54, 1.807) is 18.1 Å². The summed E-state index contributed by atoms with van der Waals surface area (Å²) in [6.45, 7) is 1.51. The van der Waals surface area contributed by atoms with Crippen LogP contribution in [0.5, 0.6) is 0 Å². The summed E-state index contributed by atoms with van der Waals surface area (Å²) in [5.74, 6) is 0.113. The Bertz CT molecular complexity index is 914. The van der Waals surface area contributed by atoms with Gasteiger partial charge in [-0.05, 0) is 38.4 Å². The van der Waals surface area contributed by atoms with Gasteiger partial charge in [-0.25, -0.2) is 4.79 Å². The van der Waals surface area contributed by atoms with Gasteiger partial charge in [-0.1, -0.05) is 0 Å². The summed E-state index contributed by atoms with van der Waals surface area (Å²) >= 11 is 0.